The van der Waals surface area contributed by atoms with E-state index in [-0.39, 0.29) is 11.4 Å². The SMILES string of the molecule is COc1cc(C(=O)NC2(CN)CCCCC2C)ccc1C. The molecular weight excluding hydrogens is 264 g/mol. The monoisotopic (exact) mass is 290 g/mol. The van der Waals surface area contributed by atoms with Gasteiger partial charge in [0.2, 0.25) is 0 Å². The fourth-order valence-electron chi connectivity index (χ4n) is 3.21. The second kappa shape index (κ2) is 6.48. The maximum atomic E-state index is 12.6. The van der Waals surface area contributed by atoms with Crippen molar-refractivity contribution in [3.05, 3.63) is 29.3 Å². The predicted octanol–water partition coefficient (Wildman–Crippen LogP) is 2.64. The molecule has 1 aromatic rings. The number of hydrogen-bond donors (Lipinski definition) is 2. The summed E-state index contributed by atoms with van der Waals surface area (Å²) in [4.78, 5) is 12.6. The summed E-state index contributed by atoms with van der Waals surface area (Å²) in [7, 11) is 1.62. The molecule has 1 aromatic carbocycles. The molecule has 0 aliphatic heterocycles. The van der Waals surface area contributed by atoms with Crippen LogP contribution in [0.3, 0.4) is 0 Å². The number of amides is 1. The normalized spacial score (nSPS) is 25.4. The van der Waals surface area contributed by atoms with Gasteiger partial charge in [0.1, 0.15) is 5.75 Å². The first-order chi connectivity index (χ1) is 10.0. The van der Waals surface area contributed by atoms with Crippen LogP contribution >= 0.6 is 0 Å². The highest BCUT2D eigenvalue weighted by Gasteiger charge is 2.38. The molecule has 1 aliphatic rings. The van der Waals surface area contributed by atoms with Crippen molar-refractivity contribution in [1.29, 1.82) is 0 Å². The molecule has 2 atom stereocenters. The number of carbonyl (C=O) groups excluding carboxylic acids is 1. The third-order valence-electron chi connectivity index (χ3n) is 4.85. The fraction of sp³-hybridized carbons (Fsp3) is 0.588. The first kappa shape index (κ1) is 15.8. The van der Waals surface area contributed by atoms with Crippen molar-refractivity contribution in [2.24, 2.45) is 11.7 Å². The summed E-state index contributed by atoms with van der Waals surface area (Å²) in [5.74, 6) is 1.08. The third-order valence-corrected chi connectivity index (χ3v) is 4.85. The Morgan fingerprint density at radius 1 is 1.48 bits per heavy atom. The molecule has 0 bridgehead atoms. The van der Waals surface area contributed by atoms with Crippen LogP contribution < -0.4 is 15.8 Å². The summed E-state index contributed by atoms with van der Waals surface area (Å²) in [6.07, 6.45) is 4.42. The lowest BCUT2D eigenvalue weighted by Gasteiger charge is -2.42. The minimum absolute atomic E-state index is 0.0625. The average Bonchev–Trinajstić information content (AvgIpc) is 2.50. The van der Waals surface area contributed by atoms with Crippen molar-refractivity contribution < 1.29 is 9.53 Å². The smallest absolute Gasteiger partial charge is 0.251 e. The first-order valence-corrected chi connectivity index (χ1v) is 7.69. The second-order valence-electron chi connectivity index (χ2n) is 6.15. The lowest BCUT2D eigenvalue weighted by Crippen LogP contribution is -2.59. The molecule has 1 fully saturated rings. The zero-order chi connectivity index (χ0) is 15.5. The Hall–Kier alpha value is -1.55. The maximum Gasteiger partial charge on any atom is 0.251 e. The summed E-state index contributed by atoms with van der Waals surface area (Å²) >= 11 is 0. The second-order valence-corrected chi connectivity index (χ2v) is 6.15. The molecule has 0 spiro atoms. The van der Waals surface area contributed by atoms with Crippen molar-refractivity contribution in [3.8, 4) is 5.75 Å². The van der Waals surface area contributed by atoms with Gasteiger partial charge in [-0.05, 0) is 43.4 Å². The number of benzene rings is 1. The van der Waals surface area contributed by atoms with E-state index in [4.69, 9.17) is 10.5 Å². The molecule has 4 heteroatoms. The van der Waals surface area contributed by atoms with E-state index in [2.05, 4.69) is 12.2 Å². The molecule has 0 aromatic heterocycles. The molecule has 2 rings (SSSR count). The van der Waals surface area contributed by atoms with Crippen molar-refractivity contribution in [3.63, 3.8) is 0 Å². The molecule has 0 saturated heterocycles. The van der Waals surface area contributed by atoms with Crippen LogP contribution in [0.1, 0.15) is 48.5 Å². The molecule has 0 radical (unpaired) electrons. The average molecular weight is 290 g/mol. The van der Waals surface area contributed by atoms with Crippen LogP contribution in [0.5, 0.6) is 5.75 Å². The van der Waals surface area contributed by atoms with E-state index in [1.807, 2.05) is 19.1 Å². The van der Waals surface area contributed by atoms with Gasteiger partial charge in [0, 0.05) is 12.1 Å². The van der Waals surface area contributed by atoms with Gasteiger partial charge in [-0.15, -0.1) is 0 Å². The van der Waals surface area contributed by atoms with Crippen molar-refractivity contribution >= 4 is 5.91 Å². The van der Waals surface area contributed by atoms with E-state index in [1.54, 1.807) is 13.2 Å². The summed E-state index contributed by atoms with van der Waals surface area (Å²) in [5, 5.41) is 3.20. The molecule has 21 heavy (non-hydrogen) atoms. The van der Waals surface area contributed by atoms with Gasteiger partial charge in [-0.1, -0.05) is 25.8 Å². The predicted molar refractivity (Wildman–Crippen MR) is 84.6 cm³/mol. The Morgan fingerprint density at radius 3 is 2.86 bits per heavy atom. The standard InChI is InChI=1S/C17H26N2O2/c1-12-7-8-14(10-15(12)21-3)16(20)19-17(11-18)9-5-4-6-13(17)2/h7-8,10,13H,4-6,9,11,18H2,1-3H3,(H,19,20). The Bertz CT molecular complexity index is 516. The number of ether oxygens (including phenoxy) is 1. The van der Waals surface area contributed by atoms with Gasteiger partial charge in [-0.3, -0.25) is 4.79 Å². The van der Waals surface area contributed by atoms with E-state index in [9.17, 15) is 4.79 Å². The molecule has 2 unspecified atom stereocenters. The number of hydrogen-bond acceptors (Lipinski definition) is 3. The minimum atomic E-state index is -0.270. The summed E-state index contributed by atoms with van der Waals surface area (Å²) in [5.41, 5.74) is 7.38. The number of nitrogens with one attached hydrogen (secondary N) is 1. The first-order valence-electron chi connectivity index (χ1n) is 7.69. The highest BCUT2D eigenvalue weighted by molar-refractivity contribution is 5.95. The van der Waals surface area contributed by atoms with Gasteiger partial charge in [-0.2, -0.15) is 0 Å². The van der Waals surface area contributed by atoms with Gasteiger partial charge < -0.3 is 15.8 Å². The number of nitrogens with two attached hydrogens (primary N) is 1. The van der Waals surface area contributed by atoms with Gasteiger partial charge in [0.05, 0.1) is 12.6 Å². The van der Waals surface area contributed by atoms with E-state index in [1.165, 1.54) is 6.42 Å². The topological polar surface area (TPSA) is 64.3 Å². The van der Waals surface area contributed by atoms with Crippen LogP contribution in [0.4, 0.5) is 0 Å². The Balaban J connectivity index is 2.19. The van der Waals surface area contributed by atoms with Crippen LogP contribution in [-0.4, -0.2) is 25.1 Å². The van der Waals surface area contributed by atoms with E-state index >= 15 is 0 Å². The van der Waals surface area contributed by atoms with E-state index in [0.717, 1.165) is 30.6 Å². The quantitative estimate of drug-likeness (QED) is 0.896. The third kappa shape index (κ3) is 3.21. The van der Waals surface area contributed by atoms with Crippen LogP contribution in [0.2, 0.25) is 0 Å². The van der Waals surface area contributed by atoms with E-state index in [0.29, 0.717) is 18.0 Å². The maximum absolute atomic E-state index is 12.6. The lowest BCUT2D eigenvalue weighted by atomic mass is 9.73. The molecule has 4 nitrogen and oxygen atoms in total. The molecule has 1 amide bonds. The number of aryl methyl sites for hydroxylation is 1. The Morgan fingerprint density at radius 2 is 2.24 bits per heavy atom. The number of carbonyl (C=O) groups is 1. The molecule has 1 aliphatic carbocycles. The Kier molecular flexibility index (Phi) is 4.88. The highest BCUT2D eigenvalue weighted by Crippen LogP contribution is 2.33. The zero-order valence-electron chi connectivity index (χ0n) is 13.2. The van der Waals surface area contributed by atoms with Crippen LogP contribution in [0.15, 0.2) is 18.2 Å². The number of methoxy groups -OCH3 is 1. The molecule has 1 saturated carbocycles. The molecule has 116 valence electrons. The molecule has 0 heterocycles. The highest BCUT2D eigenvalue weighted by atomic mass is 16.5. The van der Waals surface area contributed by atoms with Gasteiger partial charge >= 0.3 is 0 Å². The lowest BCUT2D eigenvalue weighted by molar-refractivity contribution is 0.0812. The zero-order valence-corrected chi connectivity index (χ0v) is 13.2. The van der Waals surface area contributed by atoms with Gasteiger partial charge in [-0.25, -0.2) is 0 Å². The van der Waals surface area contributed by atoms with Crippen molar-refractivity contribution in [2.45, 2.75) is 45.1 Å². The van der Waals surface area contributed by atoms with Crippen LogP contribution in [0, 0.1) is 12.8 Å². The van der Waals surface area contributed by atoms with Crippen LogP contribution in [0.25, 0.3) is 0 Å². The van der Waals surface area contributed by atoms with Crippen LogP contribution in [-0.2, 0) is 0 Å². The Labute approximate surface area is 127 Å². The van der Waals surface area contributed by atoms with Gasteiger partial charge in [0.25, 0.3) is 5.91 Å². The summed E-state index contributed by atoms with van der Waals surface area (Å²) < 4.78 is 5.29. The molecular formula is C17H26N2O2. The molecule has 3 N–H and O–H groups in total. The number of rotatable bonds is 4. The minimum Gasteiger partial charge on any atom is -0.496 e. The van der Waals surface area contributed by atoms with E-state index < -0.39 is 0 Å². The fourth-order valence-corrected chi connectivity index (χ4v) is 3.21. The largest absolute Gasteiger partial charge is 0.496 e. The van der Waals surface area contributed by atoms with Crippen molar-refractivity contribution in [2.75, 3.05) is 13.7 Å². The van der Waals surface area contributed by atoms with Gasteiger partial charge in [0.15, 0.2) is 0 Å². The van der Waals surface area contributed by atoms with Crippen molar-refractivity contribution in [1.82, 2.24) is 5.32 Å². The summed E-state index contributed by atoms with van der Waals surface area (Å²) in [6, 6.07) is 5.54. The summed E-state index contributed by atoms with van der Waals surface area (Å²) in [6.45, 7) is 4.63.